The number of allylic oxidation sites excluding steroid dienone is 2. The number of hydrogen-bond donors (Lipinski definition) is 1. The molecule has 0 unspecified atom stereocenters. The van der Waals surface area contributed by atoms with Crippen molar-refractivity contribution in [2.24, 2.45) is 0 Å². The summed E-state index contributed by atoms with van der Waals surface area (Å²) >= 11 is -1.25. The molecule has 0 aromatic carbocycles. The average molecular weight is 560 g/mol. The van der Waals surface area contributed by atoms with E-state index in [0.29, 0.717) is 6.42 Å². The molecular formula is C27H53O4Sn. The van der Waals surface area contributed by atoms with Gasteiger partial charge in [0, 0.05) is 6.08 Å². The van der Waals surface area contributed by atoms with Crippen LogP contribution in [0.2, 0.25) is 13.3 Å². The van der Waals surface area contributed by atoms with Gasteiger partial charge in [-0.2, -0.15) is 0 Å². The Morgan fingerprint density at radius 3 is 1.59 bits per heavy atom. The van der Waals surface area contributed by atoms with Crippen LogP contribution in [-0.2, 0) is 14.3 Å². The fourth-order valence-electron chi connectivity index (χ4n) is 3.48. The van der Waals surface area contributed by atoms with Crippen LogP contribution in [0.4, 0.5) is 0 Å². The van der Waals surface area contributed by atoms with Crippen molar-refractivity contribution in [3.8, 4) is 0 Å². The fraction of sp³-hybridized carbons (Fsp3) is 0.852. The van der Waals surface area contributed by atoms with E-state index >= 15 is 0 Å². The second-order valence-electron chi connectivity index (χ2n) is 8.90. The van der Waals surface area contributed by atoms with E-state index in [-0.39, 0.29) is 17.5 Å². The van der Waals surface area contributed by atoms with Crippen LogP contribution < -0.4 is 0 Å². The zero-order valence-electron chi connectivity index (χ0n) is 22.0. The van der Waals surface area contributed by atoms with Gasteiger partial charge in [0.05, 0.1) is 5.76 Å². The van der Waals surface area contributed by atoms with Gasteiger partial charge in [-0.15, -0.1) is 0 Å². The molecule has 0 rings (SSSR count). The molecule has 0 heterocycles. The van der Waals surface area contributed by atoms with E-state index < -0.39 is 19.8 Å². The SMILES string of the molecule is CC(=O)/C=C(/C)O.CCCCCCCCCCCC(=O)OC[CH2][Sn]([CH2]CCC)[CH2]CCC. The van der Waals surface area contributed by atoms with Crippen LogP contribution in [-0.4, -0.2) is 43.2 Å². The normalized spacial score (nSPS) is 11.2. The Bertz CT molecular complexity index is 451. The Hall–Kier alpha value is -0.521. The van der Waals surface area contributed by atoms with Crippen molar-refractivity contribution in [2.75, 3.05) is 6.61 Å². The fourth-order valence-corrected chi connectivity index (χ4v) is 11.6. The molecule has 5 heteroatoms. The zero-order chi connectivity index (χ0) is 24.5. The summed E-state index contributed by atoms with van der Waals surface area (Å²) in [6.45, 7) is 10.4. The number of carbonyl (C=O) groups is 2. The van der Waals surface area contributed by atoms with Gasteiger partial charge in [0.1, 0.15) is 0 Å². The number of esters is 1. The number of aliphatic hydroxyl groups excluding tert-OH is 1. The third-order valence-electron chi connectivity index (χ3n) is 5.38. The molecule has 0 aromatic rings. The van der Waals surface area contributed by atoms with E-state index in [1.807, 2.05) is 0 Å². The molecule has 0 bridgehead atoms. The van der Waals surface area contributed by atoms with Gasteiger partial charge in [0.2, 0.25) is 0 Å². The van der Waals surface area contributed by atoms with Crippen molar-refractivity contribution in [1.82, 2.24) is 0 Å². The van der Waals surface area contributed by atoms with Gasteiger partial charge < -0.3 is 5.11 Å². The first-order valence-electron chi connectivity index (χ1n) is 13.2. The molecule has 0 aliphatic heterocycles. The summed E-state index contributed by atoms with van der Waals surface area (Å²) in [6, 6.07) is 0. The first kappa shape index (κ1) is 33.7. The van der Waals surface area contributed by atoms with Crippen LogP contribution in [0.5, 0.6) is 0 Å². The summed E-state index contributed by atoms with van der Waals surface area (Å²) in [5.74, 6) is -0.0100. The number of aliphatic hydroxyl groups is 1. The molecule has 0 aliphatic carbocycles. The van der Waals surface area contributed by atoms with Crippen LogP contribution in [0.25, 0.3) is 0 Å². The predicted octanol–water partition coefficient (Wildman–Crippen LogP) is 8.58. The third-order valence-corrected chi connectivity index (χ3v) is 14.0. The van der Waals surface area contributed by atoms with Crippen molar-refractivity contribution < 1.29 is 19.4 Å². The van der Waals surface area contributed by atoms with Gasteiger partial charge in [0.15, 0.2) is 5.78 Å². The number of rotatable bonds is 20. The Balaban J connectivity index is 0. The number of ether oxygens (including phenoxy) is 1. The van der Waals surface area contributed by atoms with Gasteiger partial charge in [0.25, 0.3) is 0 Å². The molecule has 32 heavy (non-hydrogen) atoms. The summed E-state index contributed by atoms with van der Waals surface area (Å²) < 4.78 is 9.76. The monoisotopic (exact) mass is 561 g/mol. The molecule has 0 saturated carbocycles. The van der Waals surface area contributed by atoms with Gasteiger partial charge in [-0.3, -0.25) is 4.79 Å². The minimum atomic E-state index is -1.25. The Labute approximate surface area is 206 Å². The van der Waals surface area contributed by atoms with E-state index in [1.165, 1.54) is 110 Å². The quantitative estimate of drug-likeness (QED) is 0.0533. The van der Waals surface area contributed by atoms with Crippen LogP contribution in [0, 0.1) is 0 Å². The van der Waals surface area contributed by atoms with Crippen molar-refractivity contribution >= 4 is 31.5 Å². The Morgan fingerprint density at radius 2 is 1.19 bits per heavy atom. The first-order valence-corrected chi connectivity index (χ1v) is 19.3. The number of unbranched alkanes of at least 4 members (excludes halogenated alkanes) is 10. The van der Waals surface area contributed by atoms with E-state index in [1.54, 1.807) is 0 Å². The second-order valence-corrected chi connectivity index (χ2v) is 17.5. The van der Waals surface area contributed by atoms with E-state index in [9.17, 15) is 9.59 Å². The summed E-state index contributed by atoms with van der Waals surface area (Å²) in [5, 5.41) is 8.36. The predicted molar refractivity (Wildman–Crippen MR) is 140 cm³/mol. The van der Waals surface area contributed by atoms with E-state index in [2.05, 4.69) is 20.8 Å². The van der Waals surface area contributed by atoms with Crippen LogP contribution >= 0.6 is 0 Å². The summed E-state index contributed by atoms with van der Waals surface area (Å²) in [6.07, 6.45) is 18.9. The third kappa shape index (κ3) is 29.5. The molecule has 0 aromatic heterocycles. The number of hydrogen-bond acceptors (Lipinski definition) is 4. The van der Waals surface area contributed by atoms with Crippen LogP contribution in [0.3, 0.4) is 0 Å². The van der Waals surface area contributed by atoms with Gasteiger partial charge >= 0.3 is 146 Å². The van der Waals surface area contributed by atoms with E-state index in [4.69, 9.17) is 9.84 Å². The van der Waals surface area contributed by atoms with Crippen molar-refractivity contribution in [2.45, 2.75) is 138 Å². The minimum absolute atomic E-state index is 0.0525. The van der Waals surface area contributed by atoms with Crippen LogP contribution in [0.15, 0.2) is 11.8 Å². The summed E-state index contributed by atoms with van der Waals surface area (Å²) in [7, 11) is 0. The Morgan fingerprint density at radius 1 is 0.719 bits per heavy atom. The maximum atomic E-state index is 11.9. The molecule has 1 N–H and O–H groups in total. The molecule has 0 atom stereocenters. The summed E-state index contributed by atoms with van der Waals surface area (Å²) in [5.41, 5.74) is 0. The van der Waals surface area contributed by atoms with Gasteiger partial charge in [-0.05, 0) is 13.8 Å². The first-order chi connectivity index (χ1) is 15.4. The molecule has 0 aliphatic rings. The molecule has 0 amide bonds. The standard InChI is InChI=1S/C14H27O2.C5H8O2.2C4H9.Sn/c1-3-5-6-7-8-9-10-11-12-13-14(15)16-4-2;1-4(6)3-5(2)7;2*1-3-4-2;/h2-13H2,1H3;3,6H,1-2H3;2*1,3-4H2,2H3;/b;4-3-;;;. The maximum absolute atomic E-state index is 11.9. The molecule has 0 spiro atoms. The molecule has 1 radical (unpaired) electrons. The van der Waals surface area contributed by atoms with Crippen molar-refractivity contribution in [3.63, 3.8) is 0 Å². The van der Waals surface area contributed by atoms with Crippen molar-refractivity contribution in [3.05, 3.63) is 11.8 Å². The topological polar surface area (TPSA) is 63.6 Å². The zero-order valence-corrected chi connectivity index (χ0v) is 24.8. The second kappa shape index (κ2) is 26.7. The molecule has 189 valence electrons. The van der Waals surface area contributed by atoms with Crippen molar-refractivity contribution in [1.29, 1.82) is 0 Å². The van der Waals surface area contributed by atoms with Gasteiger partial charge in [-0.1, -0.05) is 19.8 Å². The molecule has 0 saturated heterocycles. The molecular weight excluding hydrogens is 507 g/mol. The average Bonchev–Trinajstić information content (AvgIpc) is 2.73. The number of carbonyl (C=O) groups excluding carboxylic acids is 2. The number of ketones is 1. The van der Waals surface area contributed by atoms with Gasteiger partial charge in [-0.25, -0.2) is 0 Å². The van der Waals surface area contributed by atoms with Crippen LogP contribution in [0.1, 0.15) is 125 Å². The summed E-state index contributed by atoms with van der Waals surface area (Å²) in [4.78, 5) is 21.9. The Kier molecular flexibility index (Phi) is 28.1. The molecule has 0 fully saturated rings. The molecule has 4 nitrogen and oxygen atoms in total. The van der Waals surface area contributed by atoms with E-state index in [0.717, 1.165) is 13.0 Å².